The monoisotopic (exact) mass is 305 g/mol. The molecule has 0 saturated heterocycles. The lowest BCUT2D eigenvalue weighted by Gasteiger charge is -2.22. The van der Waals surface area contributed by atoms with E-state index in [9.17, 15) is 4.79 Å². The van der Waals surface area contributed by atoms with Crippen LogP contribution in [0.4, 0.5) is 0 Å². The van der Waals surface area contributed by atoms with Crippen LogP contribution in [0.3, 0.4) is 0 Å². The molecule has 124 valence electrons. The molecule has 3 heteroatoms. The summed E-state index contributed by atoms with van der Waals surface area (Å²) in [4.78, 5) is 14.8. The topological polar surface area (TPSA) is 29.5 Å². The lowest BCUT2D eigenvalue weighted by atomic mass is 9.86. The van der Waals surface area contributed by atoms with E-state index in [0.717, 1.165) is 38.0 Å². The molecule has 0 spiro atoms. The van der Waals surface area contributed by atoms with Gasteiger partial charge in [-0.1, -0.05) is 64.4 Å². The van der Waals surface area contributed by atoms with E-state index in [4.69, 9.17) is 4.74 Å². The third-order valence-corrected chi connectivity index (χ3v) is 4.38. The maximum atomic E-state index is 12.5. The Balaban J connectivity index is 2.55. The summed E-state index contributed by atoms with van der Waals surface area (Å²) in [6.07, 6.45) is 1.86. The summed E-state index contributed by atoms with van der Waals surface area (Å²) in [6, 6.07) is 9.99. The second-order valence-corrected chi connectivity index (χ2v) is 5.82. The van der Waals surface area contributed by atoms with Crippen molar-refractivity contribution in [3.05, 3.63) is 35.9 Å². The van der Waals surface area contributed by atoms with E-state index >= 15 is 0 Å². The van der Waals surface area contributed by atoms with E-state index in [1.165, 1.54) is 0 Å². The second kappa shape index (κ2) is 10.4. The average Bonchev–Trinajstić information content (AvgIpc) is 2.56. The molecule has 0 saturated carbocycles. The number of esters is 1. The van der Waals surface area contributed by atoms with Gasteiger partial charge in [-0.15, -0.1) is 0 Å². The molecule has 3 nitrogen and oxygen atoms in total. The van der Waals surface area contributed by atoms with Crippen molar-refractivity contribution in [3.8, 4) is 0 Å². The summed E-state index contributed by atoms with van der Waals surface area (Å²) < 4.78 is 5.56. The Morgan fingerprint density at radius 2 is 1.77 bits per heavy atom. The summed E-state index contributed by atoms with van der Waals surface area (Å²) in [6.45, 7) is 12.1. The van der Waals surface area contributed by atoms with Gasteiger partial charge < -0.3 is 9.64 Å². The Bertz CT molecular complexity index is 415. The van der Waals surface area contributed by atoms with Crippen molar-refractivity contribution in [2.45, 2.75) is 46.5 Å². The molecule has 1 aromatic carbocycles. The van der Waals surface area contributed by atoms with Crippen molar-refractivity contribution in [2.24, 2.45) is 5.92 Å². The molecule has 0 aliphatic heterocycles. The largest absolute Gasteiger partial charge is 0.465 e. The number of ether oxygens (including phenoxy) is 1. The third kappa shape index (κ3) is 5.80. The summed E-state index contributed by atoms with van der Waals surface area (Å²) >= 11 is 0. The van der Waals surface area contributed by atoms with Gasteiger partial charge in [0.15, 0.2) is 0 Å². The molecule has 0 radical (unpaired) electrons. The van der Waals surface area contributed by atoms with Crippen LogP contribution < -0.4 is 0 Å². The van der Waals surface area contributed by atoms with Gasteiger partial charge in [-0.25, -0.2) is 0 Å². The summed E-state index contributed by atoms with van der Waals surface area (Å²) in [5.74, 6) is 0.0532. The maximum absolute atomic E-state index is 12.5. The molecule has 0 unspecified atom stereocenters. The van der Waals surface area contributed by atoms with Gasteiger partial charge in [0.25, 0.3) is 0 Å². The van der Waals surface area contributed by atoms with Crippen LogP contribution >= 0.6 is 0 Å². The van der Waals surface area contributed by atoms with Crippen LogP contribution in [-0.2, 0) is 9.53 Å². The Hall–Kier alpha value is -1.35. The summed E-state index contributed by atoms with van der Waals surface area (Å²) in [5.41, 5.74) is 1.06. The minimum atomic E-state index is -0.153. The van der Waals surface area contributed by atoms with Crippen molar-refractivity contribution < 1.29 is 9.53 Å². The fraction of sp³-hybridized carbons (Fsp3) is 0.632. The predicted molar refractivity (Wildman–Crippen MR) is 92.0 cm³/mol. The van der Waals surface area contributed by atoms with Crippen LogP contribution in [0.25, 0.3) is 0 Å². The maximum Gasteiger partial charge on any atom is 0.313 e. The smallest absolute Gasteiger partial charge is 0.313 e. The molecular formula is C19H31NO2. The molecule has 1 rings (SSSR count). The van der Waals surface area contributed by atoms with Crippen molar-refractivity contribution in [3.63, 3.8) is 0 Å². The number of nitrogens with zero attached hydrogens (tertiary/aromatic N) is 1. The van der Waals surface area contributed by atoms with Crippen molar-refractivity contribution in [1.82, 2.24) is 4.90 Å². The van der Waals surface area contributed by atoms with Gasteiger partial charge in [-0.05, 0) is 31.0 Å². The van der Waals surface area contributed by atoms with E-state index in [1.807, 2.05) is 30.3 Å². The van der Waals surface area contributed by atoms with Gasteiger partial charge in [-0.2, -0.15) is 0 Å². The predicted octanol–water partition coefficient (Wildman–Crippen LogP) is 4.09. The zero-order chi connectivity index (χ0) is 16.4. The standard InChI is InChI=1S/C19H31NO2/c1-5-16(4)18(17-12-9-8-10-13-17)19(21)22-15-11-14-20(6-2)7-3/h8-10,12-13,16,18H,5-7,11,14-15H2,1-4H3/t16-,18+/m1/s1. The first-order chi connectivity index (χ1) is 10.6. The molecule has 0 bridgehead atoms. The van der Waals surface area contributed by atoms with E-state index < -0.39 is 0 Å². The number of carbonyl (C=O) groups excluding carboxylic acids is 1. The Labute approximate surface area is 135 Å². The van der Waals surface area contributed by atoms with Crippen LogP contribution in [0.1, 0.15) is 52.0 Å². The first-order valence-electron chi connectivity index (χ1n) is 8.57. The van der Waals surface area contributed by atoms with E-state index in [2.05, 4.69) is 32.6 Å². The molecule has 0 heterocycles. The third-order valence-electron chi connectivity index (χ3n) is 4.38. The van der Waals surface area contributed by atoms with Crippen LogP contribution in [-0.4, -0.2) is 37.1 Å². The zero-order valence-electron chi connectivity index (χ0n) is 14.5. The quantitative estimate of drug-likeness (QED) is 0.481. The number of hydrogen-bond acceptors (Lipinski definition) is 3. The lowest BCUT2D eigenvalue weighted by Crippen LogP contribution is -2.26. The molecule has 0 N–H and O–H groups in total. The van der Waals surface area contributed by atoms with Crippen molar-refractivity contribution in [2.75, 3.05) is 26.2 Å². The van der Waals surface area contributed by atoms with Gasteiger partial charge in [0, 0.05) is 6.54 Å². The van der Waals surface area contributed by atoms with Crippen LogP contribution in [0.2, 0.25) is 0 Å². The second-order valence-electron chi connectivity index (χ2n) is 5.82. The first kappa shape index (κ1) is 18.7. The Kier molecular flexibility index (Phi) is 8.83. The van der Waals surface area contributed by atoms with Gasteiger partial charge in [0.2, 0.25) is 0 Å². The van der Waals surface area contributed by atoms with Crippen molar-refractivity contribution in [1.29, 1.82) is 0 Å². The molecular weight excluding hydrogens is 274 g/mol. The average molecular weight is 305 g/mol. The van der Waals surface area contributed by atoms with E-state index in [1.54, 1.807) is 0 Å². The van der Waals surface area contributed by atoms with Gasteiger partial charge in [-0.3, -0.25) is 4.79 Å². The van der Waals surface area contributed by atoms with Crippen LogP contribution in [0, 0.1) is 5.92 Å². The first-order valence-corrected chi connectivity index (χ1v) is 8.57. The van der Waals surface area contributed by atoms with E-state index in [0.29, 0.717) is 6.61 Å². The Morgan fingerprint density at radius 3 is 2.32 bits per heavy atom. The SMILES string of the molecule is CC[C@@H](C)[C@H](C(=O)OCCCN(CC)CC)c1ccccc1. The molecule has 0 aliphatic rings. The number of hydrogen-bond donors (Lipinski definition) is 0. The highest BCUT2D eigenvalue weighted by atomic mass is 16.5. The summed E-state index contributed by atoms with van der Waals surface area (Å²) in [5, 5.41) is 0. The molecule has 0 aliphatic carbocycles. The normalized spacial score (nSPS) is 13.9. The van der Waals surface area contributed by atoms with Crippen LogP contribution in [0.15, 0.2) is 30.3 Å². The highest BCUT2D eigenvalue weighted by Gasteiger charge is 2.27. The summed E-state index contributed by atoms with van der Waals surface area (Å²) in [7, 11) is 0. The van der Waals surface area contributed by atoms with Gasteiger partial charge in [0.1, 0.15) is 0 Å². The molecule has 0 fully saturated rings. The minimum absolute atomic E-state index is 0.0832. The van der Waals surface area contributed by atoms with E-state index in [-0.39, 0.29) is 17.8 Å². The minimum Gasteiger partial charge on any atom is -0.465 e. The fourth-order valence-electron chi connectivity index (χ4n) is 2.68. The molecule has 22 heavy (non-hydrogen) atoms. The molecule has 1 aromatic rings. The highest BCUT2D eigenvalue weighted by Crippen LogP contribution is 2.28. The van der Waals surface area contributed by atoms with Gasteiger partial charge >= 0.3 is 5.97 Å². The lowest BCUT2D eigenvalue weighted by molar-refractivity contribution is -0.147. The molecule has 0 amide bonds. The molecule has 2 atom stereocenters. The Morgan fingerprint density at radius 1 is 1.14 bits per heavy atom. The highest BCUT2D eigenvalue weighted by molar-refractivity contribution is 5.78. The fourth-order valence-corrected chi connectivity index (χ4v) is 2.68. The molecule has 0 aromatic heterocycles. The number of carbonyl (C=O) groups is 1. The number of rotatable bonds is 10. The van der Waals surface area contributed by atoms with Gasteiger partial charge in [0.05, 0.1) is 12.5 Å². The zero-order valence-corrected chi connectivity index (χ0v) is 14.5. The van der Waals surface area contributed by atoms with Crippen LogP contribution in [0.5, 0.6) is 0 Å². The number of benzene rings is 1. The van der Waals surface area contributed by atoms with Crippen molar-refractivity contribution >= 4 is 5.97 Å².